The standard InChI is InChI=1S/C21H22N6O4S/c1-13-5-4-6-15(11-13)20(29)22-14(2)19-24-25-21(26(19)3)32-12-18(28)23-16-7-9-17(10-8-16)27(30)31/h4-11,14H,12H2,1-3H3,(H,22,29)(H,23,28)/t14-/m0/s1. The summed E-state index contributed by atoms with van der Waals surface area (Å²) in [6, 6.07) is 12.5. The van der Waals surface area contributed by atoms with E-state index < -0.39 is 4.92 Å². The lowest BCUT2D eigenvalue weighted by molar-refractivity contribution is -0.384. The molecule has 1 heterocycles. The number of carbonyl (C=O) groups is 2. The van der Waals surface area contributed by atoms with Gasteiger partial charge in [0.05, 0.1) is 16.7 Å². The van der Waals surface area contributed by atoms with Crippen molar-refractivity contribution < 1.29 is 14.5 Å². The maximum absolute atomic E-state index is 12.5. The highest BCUT2D eigenvalue weighted by molar-refractivity contribution is 7.99. The summed E-state index contributed by atoms with van der Waals surface area (Å²) in [6.45, 7) is 3.73. The van der Waals surface area contributed by atoms with Crippen molar-refractivity contribution in [1.82, 2.24) is 20.1 Å². The Bertz CT molecular complexity index is 1150. The van der Waals surface area contributed by atoms with E-state index in [1.54, 1.807) is 17.7 Å². The molecular weight excluding hydrogens is 432 g/mol. The molecule has 0 radical (unpaired) electrons. The molecule has 1 aromatic heterocycles. The maximum Gasteiger partial charge on any atom is 0.269 e. The summed E-state index contributed by atoms with van der Waals surface area (Å²) in [5.74, 6) is 0.145. The molecule has 0 saturated carbocycles. The third-order valence-electron chi connectivity index (χ3n) is 4.58. The SMILES string of the molecule is Cc1cccc(C(=O)N[C@@H](C)c2nnc(SCC(=O)Nc3ccc([N+](=O)[O-])cc3)n2C)c1. The van der Waals surface area contributed by atoms with Gasteiger partial charge < -0.3 is 15.2 Å². The third kappa shape index (κ3) is 5.70. The number of anilines is 1. The van der Waals surface area contributed by atoms with Crippen molar-refractivity contribution in [3.8, 4) is 0 Å². The topological polar surface area (TPSA) is 132 Å². The number of nitro benzene ring substituents is 1. The van der Waals surface area contributed by atoms with E-state index in [2.05, 4.69) is 20.8 Å². The van der Waals surface area contributed by atoms with Crippen LogP contribution < -0.4 is 10.6 Å². The van der Waals surface area contributed by atoms with Crippen molar-refractivity contribution in [2.24, 2.45) is 7.05 Å². The fourth-order valence-corrected chi connectivity index (χ4v) is 3.67. The van der Waals surface area contributed by atoms with E-state index in [4.69, 9.17) is 0 Å². The molecule has 0 aliphatic rings. The Hall–Kier alpha value is -3.73. The number of rotatable bonds is 8. The second-order valence-corrected chi connectivity index (χ2v) is 8.05. The van der Waals surface area contributed by atoms with Gasteiger partial charge in [-0.05, 0) is 38.1 Å². The van der Waals surface area contributed by atoms with Gasteiger partial charge in [0.2, 0.25) is 5.91 Å². The van der Waals surface area contributed by atoms with Gasteiger partial charge in [-0.25, -0.2) is 0 Å². The molecule has 1 atom stereocenters. The smallest absolute Gasteiger partial charge is 0.269 e. The Morgan fingerprint density at radius 2 is 1.91 bits per heavy atom. The third-order valence-corrected chi connectivity index (χ3v) is 5.60. The number of nitrogens with zero attached hydrogens (tertiary/aromatic N) is 4. The summed E-state index contributed by atoms with van der Waals surface area (Å²) in [5, 5.41) is 25.1. The molecule has 0 fully saturated rings. The van der Waals surface area contributed by atoms with Gasteiger partial charge in [-0.2, -0.15) is 0 Å². The van der Waals surface area contributed by atoms with Gasteiger partial charge in [0.1, 0.15) is 0 Å². The number of carbonyl (C=O) groups excluding carboxylic acids is 2. The second-order valence-electron chi connectivity index (χ2n) is 7.11. The molecule has 0 bridgehead atoms. The van der Waals surface area contributed by atoms with Crippen LogP contribution in [0.2, 0.25) is 0 Å². The van der Waals surface area contributed by atoms with E-state index in [-0.39, 0.29) is 29.3 Å². The number of amides is 2. The minimum Gasteiger partial charge on any atom is -0.342 e. The molecule has 32 heavy (non-hydrogen) atoms. The normalized spacial score (nSPS) is 11.6. The first kappa shape index (κ1) is 22.9. The van der Waals surface area contributed by atoms with Crippen molar-refractivity contribution in [2.45, 2.75) is 25.0 Å². The minimum atomic E-state index is -0.503. The molecule has 0 spiro atoms. The number of aromatic nitrogens is 3. The molecule has 2 N–H and O–H groups in total. The predicted molar refractivity (Wildman–Crippen MR) is 121 cm³/mol. The largest absolute Gasteiger partial charge is 0.342 e. The average Bonchev–Trinajstić information content (AvgIpc) is 3.13. The lowest BCUT2D eigenvalue weighted by Gasteiger charge is -2.14. The fraction of sp³-hybridized carbons (Fsp3) is 0.238. The van der Waals surface area contributed by atoms with Gasteiger partial charge in [-0.15, -0.1) is 10.2 Å². The van der Waals surface area contributed by atoms with E-state index >= 15 is 0 Å². The number of nitrogens with one attached hydrogen (secondary N) is 2. The first-order valence-corrected chi connectivity index (χ1v) is 10.7. The van der Waals surface area contributed by atoms with Gasteiger partial charge in [-0.1, -0.05) is 29.5 Å². The van der Waals surface area contributed by atoms with Gasteiger partial charge in [0.15, 0.2) is 11.0 Å². The Kier molecular flexibility index (Phi) is 7.21. The van der Waals surface area contributed by atoms with E-state index in [1.807, 2.05) is 32.0 Å². The van der Waals surface area contributed by atoms with Crippen LogP contribution in [0.25, 0.3) is 0 Å². The number of non-ortho nitro benzene ring substituents is 1. The van der Waals surface area contributed by atoms with Crippen molar-refractivity contribution in [3.05, 3.63) is 75.6 Å². The Morgan fingerprint density at radius 1 is 1.19 bits per heavy atom. The van der Waals surface area contributed by atoms with Crippen LogP contribution in [-0.2, 0) is 11.8 Å². The quantitative estimate of drug-likeness (QED) is 0.303. The first-order chi connectivity index (χ1) is 15.2. The monoisotopic (exact) mass is 454 g/mol. The maximum atomic E-state index is 12.5. The van der Waals surface area contributed by atoms with Gasteiger partial charge in [0.25, 0.3) is 11.6 Å². The van der Waals surface area contributed by atoms with Crippen molar-refractivity contribution in [3.63, 3.8) is 0 Å². The summed E-state index contributed by atoms with van der Waals surface area (Å²) in [6.07, 6.45) is 0. The molecule has 0 aliphatic carbocycles. The van der Waals surface area contributed by atoms with Crippen LogP contribution in [0, 0.1) is 17.0 Å². The predicted octanol–water partition coefficient (Wildman–Crippen LogP) is 3.25. The van der Waals surface area contributed by atoms with E-state index in [9.17, 15) is 19.7 Å². The second kappa shape index (κ2) is 10.1. The zero-order chi connectivity index (χ0) is 23.3. The Labute approximate surface area is 188 Å². The highest BCUT2D eigenvalue weighted by Crippen LogP contribution is 2.20. The summed E-state index contributed by atoms with van der Waals surface area (Å²) in [7, 11) is 1.77. The molecule has 11 heteroatoms. The zero-order valence-electron chi connectivity index (χ0n) is 17.7. The number of hydrogen-bond donors (Lipinski definition) is 2. The Morgan fingerprint density at radius 3 is 2.56 bits per heavy atom. The Balaban J connectivity index is 1.56. The minimum absolute atomic E-state index is 0.0485. The molecule has 166 valence electrons. The highest BCUT2D eigenvalue weighted by atomic mass is 32.2. The van der Waals surface area contributed by atoms with Crippen LogP contribution in [0.5, 0.6) is 0 Å². The highest BCUT2D eigenvalue weighted by Gasteiger charge is 2.19. The molecule has 2 aromatic carbocycles. The number of hydrogen-bond acceptors (Lipinski definition) is 7. The van der Waals surface area contributed by atoms with Crippen LogP contribution in [0.4, 0.5) is 11.4 Å². The number of benzene rings is 2. The van der Waals surface area contributed by atoms with Crippen LogP contribution in [0.1, 0.15) is 34.7 Å². The summed E-state index contributed by atoms with van der Waals surface area (Å²) < 4.78 is 1.73. The summed E-state index contributed by atoms with van der Waals surface area (Å²) in [5.41, 5.74) is 1.98. The van der Waals surface area contributed by atoms with Crippen LogP contribution in [0.3, 0.4) is 0 Å². The molecule has 0 unspecified atom stereocenters. The molecule has 10 nitrogen and oxygen atoms in total. The van der Waals surface area contributed by atoms with Crippen molar-refractivity contribution >= 4 is 35.0 Å². The van der Waals surface area contributed by atoms with Crippen LogP contribution in [-0.4, -0.2) is 37.3 Å². The fourth-order valence-electron chi connectivity index (χ4n) is 2.95. The van der Waals surface area contributed by atoms with Crippen LogP contribution in [0.15, 0.2) is 53.7 Å². The van der Waals surface area contributed by atoms with E-state index in [1.165, 1.54) is 36.0 Å². The lowest BCUT2D eigenvalue weighted by atomic mass is 10.1. The van der Waals surface area contributed by atoms with Gasteiger partial charge in [-0.3, -0.25) is 19.7 Å². The molecule has 3 rings (SSSR count). The number of nitro groups is 1. The van der Waals surface area contributed by atoms with Crippen LogP contribution >= 0.6 is 11.8 Å². The van der Waals surface area contributed by atoms with Gasteiger partial charge in [0, 0.05) is 30.4 Å². The lowest BCUT2D eigenvalue weighted by Crippen LogP contribution is -2.28. The average molecular weight is 455 g/mol. The number of thioether (sulfide) groups is 1. The zero-order valence-corrected chi connectivity index (χ0v) is 18.5. The van der Waals surface area contributed by atoms with Crippen molar-refractivity contribution in [1.29, 1.82) is 0 Å². The molecule has 0 saturated heterocycles. The molecule has 3 aromatic rings. The molecule has 2 amide bonds. The molecular formula is C21H22N6O4S. The number of aryl methyl sites for hydroxylation is 1. The van der Waals surface area contributed by atoms with Gasteiger partial charge >= 0.3 is 0 Å². The summed E-state index contributed by atoms with van der Waals surface area (Å²) >= 11 is 1.19. The first-order valence-electron chi connectivity index (χ1n) is 9.68. The van der Waals surface area contributed by atoms with Crippen molar-refractivity contribution in [2.75, 3.05) is 11.1 Å². The molecule has 0 aliphatic heterocycles. The summed E-state index contributed by atoms with van der Waals surface area (Å²) in [4.78, 5) is 34.9. The van der Waals surface area contributed by atoms with E-state index in [0.717, 1.165) is 5.56 Å². The van der Waals surface area contributed by atoms with E-state index in [0.29, 0.717) is 22.2 Å².